The number of benzene rings is 1. The summed E-state index contributed by atoms with van der Waals surface area (Å²) in [7, 11) is 0. The number of thiazole rings is 1. The summed E-state index contributed by atoms with van der Waals surface area (Å²) in [6.07, 6.45) is 2.10. The van der Waals surface area contributed by atoms with Gasteiger partial charge >= 0.3 is 0 Å². The maximum absolute atomic E-state index is 4.64. The van der Waals surface area contributed by atoms with Gasteiger partial charge in [-0.1, -0.05) is 12.1 Å². The minimum atomic E-state index is 0.273. The largest absolute Gasteiger partial charge is 0.302 e. The average molecular weight is 306 g/mol. The molecule has 1 aromatic carbocycles. The van der Waals surface area contributed by atoms with Crippen LogP contribution in [-0.4, -0.2) is 11.2 Å². The van der Waals surface area contributed by atoms with Crippen LogP contribution >= 0.6 is 23.1 Å². The number of aromatic nitrogens is 1. The van der Waals surface area contributed by atoms with Crippen LogP contribution in [-0.2, 0) is 0 Å². The standard InChI is InChI=1S/C16H22N2S2/c1-10(14-6-8-15(19-5)9-7-14)17-11(2)16-12(3)20-13(4)18-16/h6-11,17H,1-5H3. The van der Waals surface area contributed by atoms with Gasteiger partial charge in [-0.3, -0.25) is 0 Å². The Balaban J connectivity index is 2.06. The smallest absolute Gasteiger partial charge is 0.0900 e. The Hall–Kier alpha value is -0.840. The van der Waals surface area contributed by atoms with Crippen LogP contribution in [0.15, 0.2) is 29.2 Å². The molecule has 2 rings (SSSR count). The fraction of sp³-hybridized carbons (Fsp3) is 0.438. The van der Waals surface area contributed by atoms with Crippen molar-refractivity contribution in [2.75, 3.05) is 6.26 Å². The van der Waals surface area contributed by atoms with Crippen molar-refractivity contribution in [1.29, 1.82) is 0 Å². The quantitative estimate of drug-likeness (QED) is 0.796. The molecule has 4 heteroatoms. The molecule has 2 aromatic rings. The topological polar surface area (TPSA) is 24.9 Å². The number of hydrogen-bond acceptors (Lipinski definition) is 4. The van der Waals surface area contributed by atoms with Gasteiger partial charge in [0.25, 0.3) is 0 Å². The molecule has 0 aliphatic carbocycles. The lowest BCUT2D eigenvalue weighted by atomic mass is 10.1. The second kappa shape index (κ2) is 6.74. The van der Waals surface area contributed by atoms with Crippen LogP contribution in [0.2, 0.25) is 0 Å². The third-order valence-corrected chi connectivity index (χ3v) is 5.11. The summed E-state index contributed by atoms with van der Waals surface area (Å²) in [6.45, 7) is 8.61. The summed E-state index contributed by atoms with van der Waals surface area (Å²) in [6, 6.07) is 9.37. The van der Waals surface area contributed by atoms with E-state index < -0.39 is 0 Å². The Morgan fingerprint density at radius 3 is 2.25 bits per heavy atom. The van der Waals surface area contributed by atoms with Crippen molar-refractivity contribution in [2.45, 2.75) is 44.7 Å². The molecule has 0 aliphatic rings. The van der Waals surface area contributed by atoms with Crippen LogP contribution in [0.1, 0.15) is 47.1 Å². The van der Waals surface area contributed by atoms with Crippen molar-refractivity contribution >= 4 is 23.1 Å². The Labute approximate surface area is 130 Å². The van der Waals surface area contributed by atoms with Gasteiger partial charge < -0.3 is 5.32 Å². The number of thioether (sulfide) groups is 1. The molecule has 108 valence electrons. The molecule has 0 bridgehead atoms. The van der Waals surface area contributed by atoms with Crippen molar-refractivity contribution < 1.29 is 0 Å². The zero-order valence-electron chi connectivity index (χ0n) is 12.7. The van der Waals surface area contributed by atoms with E-state index in [2.05, 4.69) is 68.5 Å². The molecule has 0 spiro atoms. The Morgan fingerprint density at radius 2 is 1.75 bits per heavy atom. The highest BCUT2D eigenvalue weighted by Gasteiger charge is 2.16. The molecule has 0 radical (unpaired) electrons. The molecule has 2 unspecified atom stereocenters. The number of hydrogen-bond donors (Lipinski definition) is 1. The van der Waals surface area contributed by atoms with Gasteiger partial charge in [0.05, 0.1) is 10.7 Å². The molecule has 2 atom stereocenters. The summed E-state index contributed by atoms with van der Waals surface area (Å²) >= 11 is 3.55. The summed E-state index contributed by atoms with van der Waals surface area (Å²) in [5.74, 6) is 0. The van der Waals surface area contributed by atoms with Gasteiger partial charge in [-0.15, -0.1) is 23.1 Å². The van der Waals surface area contributed by atoms with Crippen molar-refractivity contribution in [2.24, 2.45) is 0 Å². The minimum absolute atomic E-state index is 0.273. The molecule has 0 amide bonds. The van der Waals surface area contributed by atoms with Gasteiger partial charge in [-0.2, -0.15) is 0 Å². The fourth-order valence-corrected chi connectivity index (χ4v) is 3.71. The maximum Gasteiger partial charge on any atom is 0.0900 e. The summed E-state index contributed by atoms with van der Waals surface area (Å²) in [4.78, 5) is 7.25. The molecule has 0 fully saturated rings. The lowest BCUT2D eigenvalue weighted by Crippen LogP contribution is -2.23. The van der Waals surface area contributed by atoms with Crippen LogP contribution in [0, 0.1) is 13.8 Å². The zero-order valence-corrected chi connectivity index (χ0v) is 14.4. The highest BCUT2D eigenvalue weighted by Crippen LogP contribution is 2.25. The lowest BCUT2D eigenvalue weighted by Gasteiger charge is -2.20. The van der Waals surface area contributed by atoms with Crippen molar-refractivity contribution in [3.8, 4) is 0 Å². The molecule has 0 aliphatic heterocycles. The van der Waals surface area contributed by atoms with Crippen LogP contribution in [0.3, 0.4) is 0 Å². The van der Waals surface area contributed by atoms with Gasteiger partial charge in [0.2, 0.25) is 0 Å². The predicted octanol–water partition coefficient (Wildman–Crippen LogP) is 4.89. The summed E-state index contributed by atoms with van der Waals surface area (Å²) in [5.41, 5.74) is 2.50. The third-order valence-electron chi connectivity index (χ3n) is 3.47. The molecule has 1 heterocycles. The second-order valence-electron chi connectivity index (χ2n) is 5.06. The van der Waals surface area contributed by atoms with Crippen LogP contribution in [0.4, 0.5) is 0 Å². The molecular weight excluding hydrogens is 284 g/mol. The Kier molecular flexibility index (Phi) is 5.24. The van der Waals surface area contributed by atoms with Crippen LogP contribution in [0.25, 0.3) is 0 Å². The first-order valence-electron chi connectivity index (χ1n) is 6.85. The van der Waals surface area contributed by atoms with Crippen LogP contribution in [0.5, 0.6) is 0 Å². The van der Waals surface area contributed by atoms with E-state index in [1.807, 2.05) is 0 Å². The van der Waals surface area contributed by atoms with E-state index in [-0.39, 0.29) is 6.04 Å². The zero-order chi connectivity index (χ0) is 14.7. The van der Waals surface area contributed by atoms with Crippen molar-refractivity contribution in [1.82, 2.24) is 10.3 Å². The molecule has 20 heavy (non-hydrogen) atoms. The molecule has 0 saturated carbocycles. The predicted molar refractivity (Wildman–Crippen MR) is 89.8 cm³/mol. The Morgan fingerprint density at radius 1 is 1.10 bits per heavy atom. The normalized spacial score (nSPS) is 14.2. The molecule has 0 saturated heterocycles. The second-order valence-corrected chi connectivity index (χ2v) is 7.34. The summed E-state index contributed by atoms with van der Waals surface area (Å²) in [5, 5.41) is 4.78. The minimum Gasteiger partial charge on any atom is -0.302 e. The Bertz CT molecular complexity index is 560. The van der Waals surface area contributed by atoms with E-state index in [1.54, 1.807) is 23.1 Å². The van der Waals surface area contributed by atoms with E-state index in [9.17, 15) is 0 Å². The van der Waals surface area contributed by atoms with E-state index in [4.69, 9.17) is 0 Å². The number of nitrogens with one attached hydrogen (secondary N) is 1. The first kappa shape index (κ1) is 15.5. The summed E-state index contributed by atoms with van der Waals surface area (Å²) < 4.78 is 0. The highest BCUT2D eigenvalue weighted by molar-refractivity contribution is 7.98. The molecule has 1 aromatic heterocycles. The van der Waals surface area contributed by atoms with Gasteiger partial charge in [0.1, 0.15) is 0 Å². The van der Waals surface area contributed by atoms with Crippen LogP contribution < -0.4 is 5.32 Å². The average Bonchev–Trinajstić information content (AvgIpc) is 2.78. The van der Waals surface area contributed by atoms with Gasteiger partial charge in [-0.25, -0.2) is 4.98 Å². The number of aryl methyl sites for hydroxylation is 2. The lowest BCUT2D eigenvalue weighted by molar-refractivity contribution is 0.486. The van der Waals surface area contributed by atoms with Gasteiger partial charge in [-0.05, 0) is 51.6 Å². The van der Waals surface area contributed by atoms with E-state index in [0.29, 0.717) is 6.04 Å². The van der Waals surface area contributed by atoms with Gasteiger partial charge in [0, 0.05) is 21.9 Å². The van der Waals surface area contributed by atoms with Crippen molar-refractivity contribution in [3.05, 3.63) is 45.4 Å². The van der Waals surface area contributed by atoms with E-state index in [1.165, 1.54) is 21.0 Å². The molecule has 2 nitrogen and oxygen atoms in total. The third kappa shape index (κ3) is 3.62. The monoisotopic (exact) mass is 306 g/mol. The number of rotatable bonds is 5. The first-order valence-corrected chi connectivity index (χ1v) is 8.89. The maximum atomic E-state index is 4.64. The van der Waals surface area contributed by atoms with Crippen molar-refractivity contribution in [3.63, 3.8) is 0 Å². The molecular formula is C16H22N2S2. The fourth-order valence-electron chi connectivity index (χ4n) is 2.39. The number of nitrogens with zero attached hydrogens (tertiary/aromatic N) is 1. The highest BCUT2D eigenvalue weighted by atomic mass is 32.2. The SMILES string of the molecule is CSc1ccc(C(C)NC(C)c2nc(C)sc2C)cc1. The van der Waals surface area contributed by atoms with Gasteiger partial charge in [0.15, 0.2) is 0 Å². The van der Waals surface area contributed by atoms with E-state index in [0.717, 1.165) is 5.01 Å². The first-order chi connectivity index (χ1) is 9.51. The molecule has 1 N–H and O–H groups in total. The van der Waals surface area contributed by atoms with E-state index >= 15 is 0 Å².